The lowest BCUT2D eigenvalue weighted by atomic mass is 10.1. The molecule has 0 bridgehead atoms. The number of hydrogen-bond donors (Lipinski definition) is 0. The van der Waals surface area contributed by atoms with Crippen molar-refractivity contribution in [1.82, 2.24) is 9.80 Å². The Hall–Kier alpha value is -3.30. The van der Waals surface area contributed by atoms with Gasteiger partial charge in [-0.15, -0.1) is 0 Å². The second-order valence-electron chi connectivity index (χ2n) is 9.69. The maximum atomic E-state index is 12.1. The molecule has 0 saturated carbocycles. The van der Waals surface area contributed by atoms with Gasteiger partial charge < -0.3 is 28.7 Å². The van der Waals surface area contributed by atoms with E-state index in [1.165, 1.54) is 0 Å². The molecule has 0 atom stereocenters. The minimum atomic E-state index is -0.305. The number of esters is 2. The minimum Gasteiger partial charge on any atom is -0.460 e. The van der Waals surface area contributed by atoms with Crippen LogP contribution in [-0.4, -0.2) is 101 Å². The van der Waals surface area contributed by atoms with Gasteiger partial charge in [0.2, 0.25) is 0 Å². The van der Waals surface area contributed by atoms with E-state index in [1.54, 1.807) is 12.2 Å². The fourth-order valence-electron chi connectivity index (χ4n) is 4.25. The van der Waals surface area contributed by atoms with Crippen molar-refractivity contribution in [3.8, 4) is 0 Å². The number of likely N-dealkylation sites (N-methyl/N-ethyl adjacent to an activating group) is 2. The van der Waals surface area contributed by atoms with Gasteiger partial charge in [0.1, 0.15) is 13.2 Å². The van der Waals surface area contributed by atoms with Crippen LogP contribution < -0.4 is 0 Å². The van der Waals surface area contributed by atoms with E-state index in [1.807, 2.05) is 74.5 Å². The summed E-state index contributed by atoms with van der Waals surface area (Å²) >= 11 is 0. The molecule has 0 aliphatic rings. The van der Waals surface area contributed by atoms with E-state index in [4.69, 9.17) is 18.9 Å². The second kappa shape index (κ2) is 25.1. The van der Waals surface area contributed by atoms with Crippen molar-refractivity contribution in [3.05, 3.63) is 83.9 Å². The summed E-state index contributed by atoms with van der Waals surface area (Å²) in [5.41, 5.74) is 2.92. The summed E-state index contributed by atoms with van der Waals surface area (Å²) in [6.07, 6.45) is 3.55. The van der Waals surface area contributed by atoms with Crippen LogP contribution in [-0.2, 0) is 28.5 Å². The Kier molecular flexibility index (Phi) is 22.1. The smallest absolute Gasteiger partial charge is 0.338 e. The summed E-state index contributed by atoms with van der Waals surface area (Å²) in [5.74, 6) is -0.609. The maximum absolute atomic E-state index is 12.1. The van der Waals surface area contributed by atoms with Crippen molar-refractivity contribution in [2.24, 2.45) is 0 Å². The highest BCUT2D eigenvalue weighted by Gasteiger charge is 2.13. The zero-order valence-corrected chi connectivity index (χ0v) is 27.8. The molecule has 0 aliphatic heterocycles. The Bertz CT molecular complexity index is 993. The SMILES string of the molecule is C/C=C(/C(=O)OCCOCCN(CC)CC)c1ccccc1.C/C=C(\C(=O)OCCOCCN(CC)CC)c1ccccc1. The van der Waals surface area contributed by atoms with E-state index < -0.39 is 0 Å². The van der Waals surface area contributed by atoms with Gasteiger partial charge in [0.15, 0.2) is 0 Å². The molecule has 0 saturated heterocycles. The Morgan fingerprint density at radius 2 is 0.886 bits per heavy atom. The Morgan fingerprint density at radius 3 is 1.18 bits per heavy atom. The molecular weight excluding hydrogens is 556 g/mol. The molecule has 0 fully saturated rings. The molecule has 0 heterocycles. The van der Waals surface area contributed by atoms with Crippen molar-refractivity contribution < 1.29 is 28.5 Å². The third-order valence-corrected chi connectivity index (χ3v) is 7.00. The van der Waals surface area contributed by atoms with Crippen LogP contribution in [0.25, 0.3) is 11.1 Å². The molecule has 2 aromatic rings. The molecule has 0 amide bonds. The lowest BCUT2D eigenvalue weighted by Crippen LogP contribution is -2.27. The molecule has 0 aliphatic carbocycles. The Balaban J connectivity index is 0.000000440. The molecular formula is C36H54N2O6. The van der Waals surface area contributed by atoms with E-state index in [0.717, 1.165) is 50.4 Å². The van der Waals surface area contributed by atoms with E-state index in [9.17, 15) is 9.59 Å². The van der Waals surface area contributed by atoms with Crippen LogP contribution in [0.1, 0.15) is 52.7 Å². The first-order valence-corrected chi connectivity index (χ1v) is 15.8. The number of benzene rings is 2. The van der Waals surface area contributed by atoms with Gasteiger partial charge in [-0.2, -0.15) is 0 Å². The quantitative estimate of drug-likeness (QED) is 0.103. The fraction of sp³-hybridized carbons (Fsp3) is 0.500. The standard InChI is InChI=1S/2C18H27NO3/c2*1-4-17(16-10-8-7-9-11-16)18(20)22-15-14-21-13-12-19(5-2)6-3/h2*4,7-11H,5-6,12-15H2,1-3H3/b17-4+;17-4-. The molecule has 0 spiro atoms. The van der Waals surface area contributed by atoms with Gasteiger partial charge in [0, 0.05) is 13.1 Å². The van der Waals surface area contributed by atoms with Crippen LogP contribution in [0.4, 0.5) is 0 Å². The zero-order chi connectivity index (χ0) is 32.4. The molecule has 0 aromatic heterocycles. The number of hydrogen-bond acceptors (Lipinski definition) is 8. The highest BCUT2D eigenvalue weighted by molar-refractivity contribution is 6.16. The molecule has 2 aromatic carbocycles. The Labute approximate surface area is 265 Å². The molecule has 0 N–H and O–H groups in total. The number of allylic oxidation sites excluding steroid dienone is 2. The van der Waals surface area contributed by atoms with Crippen molar-refractivity contribution in [2.45, 2.75) is 41.5 Å². The topological polar surface area (TPSA) is 77.5 Å². The summed E-state index contributed by atoms with van der Waals surface area (Å²) in [6.45, 7) is 20.9. The summed E-state index contributed by atoms with van der Waals surface area (Å²) in [5, 5.41) is 0. The van der Waals surface area contributed by atoms with Crippen molar-refractivity contribution in [3.63, 3.8) is 0 Å². The summed E-state index contributed by atoms with van der Waals surface area (Å²) in [4.78, 5) is 28.7. The van der Waals surface area contributed by atoms with Gasteiger partial charge in [-0.25, -0.2) is 9.59 Å². The van der Waals surface area contributed by atoms with Crippen LogP contribution in [0.3, 0.4) is 0 Å². The number of carbonyl (C=O) groups is 2. The summed E-state index contributed by atoms with van der Waals surface area (Å²) in [6, 6.07) is 19.1. The average Bonchev–Trinajstić information content (AvgIpc) is 3.06. The maximum Gasteiger partial charge on any atom is 0.338 e. The third-order valence-electron chi connectivity index (χ3n) is 7.00. The van der Waals surface area contributed by atoms with Crippen molar-refractivity contribution >= 4 is 23.1 Å². The molecule has 0 radical (unpaired) electrons. The summed E-state index contributed by atoms with van der Waals surface area (Å²) < 4.78 is 21.5. The molecule has 44 heavy (non-hydrogen) atoms. The Morgan fingerprint density at radius 1 is 0.545 bits per heavy atom. The first kappa shape index (κ1) is 38.7. The lowest BCUT2D eigenvalue weighted by molar-refractivity contribution is -0.139. The van der Waals surface area contributed by atoms with Crippen LogP contribution in [0, 0.1) is 0 Å². The predicted octanol–water partition coefficient (Wildman–Crippen LogP) is 5.98. The van der Waals surface area contributed by atoms with Crippen LogP contribution in [0.15, 0.2) is 72.8 Å². The van der Waals surface area contributed by atoms with Gasteiger partial charge in [0.25, 0.3) is 0 Å². The molecule has 8 heteroatoms. The van der Waals surface area contributed by atoms with E-state index >= 15 is 0 Å². The number of nitrogens with zero attached hydrogens (tertiary/aromatic N) is 2. The van der Waals surface area contributed by atoms with Gasteiger partial charge in [-0.1, -0.05) is 101 Å². The van der Waals surface area contributed by atoms with E-state index in [0.29, 0.717) is 37.6 Å². The fourth-order valence-corrected chi connectivity index (χ4v) is 4.25. The van der Waals surface area contributed by atoms with E-state index in [-0.39, 0.29) is 25.2 Å². The van der Waals surface area contributed by atoms with Gasteiger partial charge in [-0.3, -0.25) is 0 Å². The minimum absolute atomic E-state index is 0.279. The second-order valence-corrected chi connectivity index (χ2v) is 9.69. The average molecular weight is 611 g/mol. The first-order valence-electron chi connectivity index (χ1n) is 15.8. The number of carbonyl (C=O) groups excluding carboxylic acids is 2. The molecule has 244 valence electrons. The molecule has 0 unspecified atom stereocenters. The van der Waals surface area contributed by atoms with Crippen LogP contribution in [0.5, 0.6) is 0 Å². The van der Waals surface area contributed by atoms with Crippen molar-refractivity contribution in [2.75, 3.05) is 78.9 Å². The highest BCUT2D eigenvalue weighted by Crippen LogP contribution is 2.16. The zero-order valence-electron chi connectivity index (χ0n) is 27.8. The molecule has 2 rings (SSSR count). The largest absolute Gasteiger partial charge is 0.460 e. The molecule has 8 nitrogen and oxygen atoms in total. The van der Waals surface area contributed by atoms with Gasteiger partial charge >= 0.3 is 11.9 Å². The summed E-state index contributed by atoms with van der Waals surface area (Å²) in [7, 11) is 0. The van der Waals surface area contributed by atoms with Gasteiger partial charge in [-0.05, 0) is 51.2 Å². The van der Waals surface area contributed by atoms with Crippen LogP contribution >= 0.6 is 0 Å². The normalized spacial score (nSPS) is 11.7. The number of rotatable bonds is 20. The third kappa shape index (κ3) is 16.0. The van der Waals surface area contributed by atoms with Crippen molar-refractivity contribution in [1.29, 1.82) is 0 Å². The van der Waals surface area contributed by atoms with E-state index in [2.05, 4.69) is 37.5 Å². The van der Waals surface area contributed by atoms with Crippen LogP contribution in [0.2, 0.25) is 0 Å². The monoisotopic (exact) mass is 610 g/mol. The highest BCUT2D eigenvalue weighted by atomic mass is 16.6. The lowest BCUT2D eigenvalue weighted by Gasteiger charge is -2.17. The van der Waals surface area contributed by atoms with Gasteiger partial charge in [0.05, 0.1) is 37.6 Å². The number of ether oxygens (including phenoxy) is 4. The first-order chi connectivity index (χ1) is 21.4. The predicted molar refractivity (Wildman–Crippen MR) is 179 cm³/mol.